The van der Waals surface area contributed by atoms with Crippen LogP contribution in [0.4, 0.5) is 0 Å². The molecular weight excluding hydrogens is 279 g/mol. The van der Waals surface area contributed by atoms with Crippen molar-refractivity contribution in [2.45, 2.75) is 19.4 Å². The third-order valence-corrected chi connectivity index (χ3v) is 3.49. The van der Waals surface area contributed by atoms with Gasteiger partial charge in [-0.1, -0.05) is 42.3 Å². The second-order valence-electron chi connectivity index (χ2n) is 4.30. The molecule has 100 valence electrons. The van der Waals surface area contributed by atoms with Crippen LogP contribution in [0.1, 0.15) is 24.2 Å². The summed E-state index contributed by atoms with van der Waals surface area (Å²) in [7, 11) is 0. The molecule has 0 radical (unpaired) electrons. The first-order valence-electron chi connectivity index (χ1n) is 6.29. The van der Waals surface area contributed by atoms with Crippen LogP contribution in [0.3, 0.4) is 0 Å². The molecule has 0 saturated heterocycles. The lowest BCUT2D eigenvalue weighted by Crippen LogP contribution is -2.23. The fourth-order valence-corrected chi connectivity index (χ4v) is 2.59. The van der Waals surface area contributed by atoms with Crippen LogP contribution in [0.5, 0.6) is 0 Å². The summed E-state index contributed by atoms with van der Waals surface area (Å²) in [6, 6.07) is 11.7. The molecule has 2 nitrogen and oxygen atoms in total. The normalized spacial score (nSPS) is 12.4. The number of benzene rings is 1. The van der Waals surface area contributed by atoms with E-state index in [0.29, 0.717) is 10.0 Å². The van der Waals surface area contributed by atoms with Crippen LogP contribution in [0, 0.1) is 0 Å². The Balaban J connectivity index is 2.24. The zero-order chi connectivity index (χ0) is 13.7. The Morgan fingerprint density at radius 3 is 2.68 bits per heavy atom. The van der Waals surface area contributed by atoms with Crippen LogP contribution in [0.25, 0.3) is 0 Å². The van der Waals surface area contributed by atoms with E-state index in [2.05, 4.69) is 17.2 Å². The van der Waals surface area contributed by atoms with Crippen molar-refractivity contribution in [3.8, 4) is 0 Å². The number of nitrogens with one attached hydrogen (secondary N) is 1. The monoisotopic (exact) mass is 294 g/mol. The van der Waals surface area contributed by atoms with Gasteiger partial charge in [0.25, 0.3) is 0 Å². The summed E-state index contributed by atoms with van der Waals surface area (Å²) in [5.74, 6) is 0. The van der Waals surface area contributed by atoms with Crippen molar-refractivity contribution in [3.05, 3.63) is 63.9 Å². The molecule has 0 aliphatic carbocycles. The standard InChI is InChI=1S/C15H16Cl2N2/c1-2-18-15(10-12-5-3-4-8-19-12)13-7-6-11(16)9-14(13)17/h3-9,15,18H,2,10H2,1H3. The molecule has 1 aromatic heterocycles. The molecule has 1 N–H and O–H groups in total. The third-order valence-electron chi connectivity index (χ3n) is 2.93. The van der Waals surface area contributed by atoms with Gasteiger partial charge in [0.1, 0.15) is 0 Å². The van der Waals surface area contributed by atoms with Gasteiger partial charge in [0.2, 0.25) is 0 Å². The molecule has 0 saturated carbocycles. The van der Waals surface area contributed by atoms with E-state index in [4.69, 9.17) is 23.2 Å². The number of nitrogens with zero attached hydrogens (tertiary/aromatic N) is 1. The molecule has 19 heavy (non-hydrogen) atoms. The Labute approximate surface area is 123 Å². The maximum Gasteiger partial charge on any atom is 0.0468 e. The van der Waals surface area contributed by atoms with Gasteiger partial charge >= 0.3 is 0 Å². The number of likely N-dealkylation sites (N-methyl/N-ethyl adjacent to an activating group) is 1. The first kappa shape index (κ1) is 14.3. The highest BCUT2D eigenvalue weighted by atomic mass is 35.5. The minimum atomic E-state index is 0.143. The quantitative estimate of drug-likeness (QED) is 0.890. The van der Waals surface area contributed by atoms with Crippen LogP contribution in [0.2, 0.25) is 10.0 Å². The number of pyridine rings is 1. The highest BCUT2D eigenvalue weighted by Crippen LogP contribution is 2.28. The zero-order valence-electron chi connectivity index (χ0n) is 10.7. The van der Waals surface area contributed by atoms with E-state index in [0.717, 1.165) is 24.2 Å². The Morgan fingerprint density at radius 2 is 2.05 bits per heavy atom. The summed E-state index contributed by atoms with van der Waals surface area (Å²) in [4.78, 5) is 4.36. The number of aromatic nitrogens is 1. The van der Waals surface area contributed by atoms with E-state index in [1.54, 1.807) is 6.07 Å². The van der Waals surface area contributed by atoms with Crippen molar-refractivity contribution < 1.29 is 0 Å². The Morgan fingerprint density at radius 1 is 1.21 bits per heavy atom. The maximum absolute atomic E-state index is 6.28. The minimum Gasteiger partial charge on any atom is -0.310 e. The molecule has 1 heterocycles. The number of halogens is 2. The molecule has 2 rings (SSSR count). The van der Waals surface area contributed by atoms with Crippen LogP contribution in [-0.4, -0.2) is 11.5 Å². The van der Waals surface area contributed by atoms with E-state index >= 15 is 0 Å². The summed E-state index contributed by atoms with van der Waals surface area (Å²) in [5.41, 5.74) is 2.10. The Hall–Kier alpha value is -1.09. The summed E-state index contributed by atoms with van der Waals surface area (Å²) in [6.07, 6.45) is 2.61. The van der Waals surface area contributed by atoms with Crippen LogP contribution in [0.15, 0.2) is 42.6 Å². The highest BCUT2D eigenvalue weighted by molar-refractivity contribution is 6.35. The number of hydrogen-bond acceptors (Lipinski definition) is 2. The predicted molar refractivity (Wildman–Crippen MR) is 80.8 cm³/mol. The lowest BCUT2D eigenvalue weighted by molar-refractivity contribution is 0.544. The van der Waals surface area contributed by atoms with Crippen molar-refractivity contribution in [1.29, 1.82) is 0 Å². The van der Waals surface area contributed by atoms with Crippen molar-refractivity contribution in [1.82, 2.24) is 10.3 Å². The van der Waals surface area contributed by atoms with E-state index in [-0.39, 0.29) is 6.04 Å². The molecular formula is C15H16Cl2N2. The third kappa shape index (κ3) is 3.93. The van der Waals surface area contributed by atoms with Gasteiger partial charge in [-0.15, -0.1) is 0 Å². The van der Waals surface area contributed by atoms with Crippen LogP contribution >= 0.6 is 23.2 Å². The molecule has 1 atom stereocenters. The lowest BCUT2D eigenvalue weighted by atomic mass is 10.0. The van der Waals surface area contributed by atoms with E-state index < -0.39 is 0 Å². The first-order valence-corrected chi connectivity index (χ1v) is 7.04. The van der Waals surface area contributed by atoms with Gasteiger partial charge in [-0.2, -0.15) is 0 Å². The first-order chi connectivity index (χ1) is 9.20. The topological polar surface area (TPSA) is 24.9 Å². The SMILES string of the molecule is CCNC(Cc1ccccn1)c1ccc(Cl)cc1Cl. The fraction of sp³-hybridized carbons (Fsp3) is 0.267. The summed E-state index contributed by atoms with van der Waals surface area (Å²) in [6.45, 7) is 2.95. The number of rotatable bonds is 5. The van der Waals surface area contributed by atoms with E-state index in [1.165, 1.54) is 0 Å². The molecule has 0 amide bonds. The van der Waals surface area contributed by atoms with E-state index in [9.17, 15) is 0 Å². The average molecular weight is 295 g/mol. The summed E-state index contributed by atoms with van der Waals surface area (Å²) in [5, 5.41) is 4.78. The zero-order valence-corrected chi connectivity index (χ0v) is 12.2. The van der Waals surface area contributed by atoms with Crippen LogP contribution < -0.4 is 5.32 Å². The van der Waals surface area contributed by atoms with Crippen molar-refractivity contribution in [3.63, 3.8) is 0 Å². The second kappa shape index (κ2) is 6.90. The summed E-state index contributed by atoms with van der Waals surface area (Å²) >= 11 is 12.2. The molecule has 2 aromatic rings. The molecule has 0 fully saturated rings. The maximum atomic E-state index is 6.28. The number of hydrogen-bond donors (Lipinski definition) is 1. The summed E-state index contributed by atoms with van der Waals surface area (Å²) < 4.78 is 0. The average Bonchev–Trinajstić information content (AvgIpc) is 2.39. The van der Waals surface area contributed by atoms with Crippen molar-refractivity contribution in [2.24, 2.45) is 0 Å². The molecule has 4 heteroatoms. The Kier molecular flexibility index (Phi) is 5.20. The van der Waals surface area contributed by atoms with E-state index in [1.807, 2.05) is 36.5 Å². The van der Waals surface area contributed by atoms with Gasteiger partial charge in [0.15, 0.2) is 0 Å². The molecule has 0 spiro atoms. The molecule has 1 aromatic carbocycles. The largest absolute Gasteiger partial charge is 0.310 e. The van der Waals surface area contributed by atoms with Gasteiger partial charge in [-0.05, 0) is 36.4 Å². The van der Waals surface area contributed by atoms with Crippen molar-refractivity contribution >= 4 is 23.2 Å². The lowest BCUT2D eigenvalue weighted by Gasteiger charge is -2.19. The molecule has 0 aliphatic heterocycles. The molecule has 0 bridgehead atoms. The van der Waals surface area contributed by atoms with Gasteiger partial charge in [-0.25, -0.2) is 0 Å². The van der Waals surface area contributed by atoms with Crippen LogP contribution in [-0.2, 0) is 6.42 Å². The highest BCUT2D eigenvalue weighted by Gasteiger charge is 2.15. The molecule has 1 unspecified atom stereocenters. The van der Waals surface area contributed by atoms with Gasteiger partial charge < -0.3 is 5.32 Å². The second-order valence-corrected chi connectivity index (χ2v) is 5.14. The van der Waals surface area contributed by atoms with Gasteiger partial charge in [0, 0.05) is 34.4 Å². The smallest absolute Gasteiger partial charge is 0.0468 e. The predicted octanol–water partition coefficient (Wildman–Crippen LogP) is 4.28. The van der Waals surface area contributed by atoms with Gasteiger partial charge in [0.05, 0.1) is 0 Å². The van der Waals surface area contributed by atoms with Crippen molar-refractivity contribution in [2.75, 3.05) is 6.54 Å². The molecule has 0 aliphatic rings. The minimum absolute atomic E-state index is 0.143. The fourth-order valence-electron chi connectivity index (χ4n) is 2.05. The van der Waals surface area contributed by atoms with Gasteiger partial charge in [-0.3, -0.25) is 4.98 Å². The Bertz CT molecular complexity index is 529.